The van der Waals surface area contributed by atoms with Gasteiger partial charge in [0.2, 0.25) is 0 Å². The number of nitrogens with zero attached hydrogens (tertiary/aromatic N) is 2. The van der Waals surface area contributed by atoms with Crippen LogP contribution in [0.15, 0.2) is 54.9 Å². The number of carbonyl (C=O) groups is 2. The zero-order valence-electron chi connectivity index (χ0n) is 14.7. The number of benzene rings is 1. The molecule has 132 valence electrons. The lowest BCUT2D eigenvalue weighted by molar-refractivity contribution is 0.0944. The summed E-state index contributed by atoms with van der Waals surface area (Å²) in [5, 5.41) is 6.59. The van der Waals surface area contributed by atoms with E-state index in [-0.39, 0.29) is 17.5 Å². The first kappa shape index (κ1) is 17.5. The number of aromatic nitrogens is 2. The molecule has 0 saturated heterocycles. The summed E-state index contributed by atoms with van der Waals surface area (Å²) >= 11 is 0. The molecule has 0 saturated carbocycles. The van der Waals surface area contributed by atoms with Crippen LogP contribution in [0.1, 0.15) is 34.7 Å². The summed E-state index contributed by atoms with van der Waals surface area (Å²) in [5.74, 6) is -0.270. The highest BCUT2D eigenvalue weighted by molar-refractivity contribution is 6.09. The van der Waals surface area contributed by atoms with E-state index < -0.39 is 0 Å². The maximum absolute atomic E-state index is 12.6. The summed E-state index contributed by atoms with van der Waals surface area (Å²) < 4.78 is 0. The van der Waals surface area contributed by atoms with E-state index in [0.717, 1.165) is 5.39 Å². The largest absolute Gasteiger partial charge is 0.350 e. The zero-order valence-corrected chi connectivity index (χ0v) is 14.7. The summed E-state index contributed by atoms with van der Waals surface area (Å²) in [6.45, 7) is 4.57. The van der Waals surface area contributed by atoms with Gasteiger partial charge >= 0.3 is 0 Å². The Morgan fingerprint density at radius 2 is 1.81 bits per heavy atom. The zero-order chi connectivity index (χ0) is 18.5. The molecule has 0 bridgehead atoms. The van der Waals surface area contributed by atoms with E-state index in [0.29, 0.717) is 29.2 Å². The number of carbonyl (C=O) groups excluding carboxylic acids is 2. The highest BCUT2D eigenvalue weighted by atomic mass is 16.2. The lowest BCUT2D eigenvalue weighted by Crippen LogP contribution is -2.28. The fourth-order valence-corrected chi connectivity index (χ4v) is 2.48. The van der Waals surface area contributed by atoms with Crippen LogP contribution in [-0.4, -0.2) is 28.3 Å². The van der Waals surface area contributed by atoms with Gasteiger partial charge in [-0.05, 0) is 30.2 Å². The minimum atomic E-state index is -0.316. The van der Waals surface area contributed by atoms with Crippen LogP contribution in [0.5, 0.6) is 0 Å². The van der Waals surface area contributed by atoms with Crippen molar-refractivity contribution >= 4 is 28.4 Å². The second-order valence-corrected chi connectivity index (χ2v) is 6.37. The van der Waals surface area contributed by atoms with Crippen molar-refractivity contribution in [1.82, 2.24) is 15.3 Å². The average Bonchev–Trinajstić information content (AvgIpc) is 2.66. The molecule has 0 aliphatic carbocycles. The molecule has 2 heterocycles. The lowest BCUT2D eigenvalue weighted by Gasteiger charge is -2.10. The monoisotopic (exact) mass is 348 g/mol. The average molecular weight is 348 g/mol. The second kappa shape index (κ2) is 7.74. The van der Waals surface area contributed by atoms with Crippen LogP contribution < -0.4 is 10.6 Å². The summed E-state index contributed by atoms with van der Waals surface area (Å²) in [4.78, 5) is 33.1. The third-order valence-corrected chi connectivity index (χ3v) is 3.81. The van der Waals surface area contributed by atoms with Gasteiger partial charge in [-0.1, -0.05) is 32.0 Å². The summed E-state index contributed by atoms with van der Waals surface area (Å²) in [5.41, 5.74) is 1.92. The number of anilines is 1. The second-order valence-electron chi connectivity index (χ2n) is 6.37. The molecule has 6 heteroatoms. The third-order valence-electron chi connectivity index (χ3n) is 3.81. The number of hydrogen-bond donors (Lipinski definition) is 2. The maximum atomic E-state index is 12.6. The molecule has 0 fully saturated rings. The molecule has 3 aromatic rings. The van der Waals surface area contributed by atoms with Gasteiger partial charge in [-0.15, -0.1) is 0 Å². The normalized spacial score (nSPS) is 10.7. The Kier molecular flexibility index (Phi) is 5.22. The van der Waals surface area contributed by atoms with Gasteiger partial charge in [0.15, 0.2) is 0 Å². The molecule has 0 spiro atoms. The Bertz CT molecular complexity index is 948. The van der Waals surface area contributed by atoms with Crippen LogP contribution in [0.4, 0.5) is 5.69 Å². The fraction of sp³-hybridized carbons (Fsp3) is 0.200. The summed E-state index contributed by atoms with van der Waals surface area (Å²) in [6, 6.07) is 12.4. The molecule has 6 nitrogen and oxygen atoms in total. The molecule has 1 aromatic carbocycles. The Morgan fingerprint density at radius 1 is 1.00 bits per heavy atom. The first-order valence-electron chi connectivity index (χ1n) is 8.44. The molecule has 0 unspecified atom stereocenters. The smallest absolute Gasteiger partial charge is 0.269 e. The van der Waals surface area contributed by atoms with Gasteiger partial charge in [0.1, 0.15) is 5.69 Å². The van der Waals surface area contributed by atoms with Crippen molar-refractivity contribution in [2.45, 2.75) is 13.8 Å². The van der Waals surface area contributed by atoms with Crippen molar-refractivity contribution in [2.24, 2.45) is 5.92 Å². The van der Waals surface area contributed by atoms with E-state index in [1.807, 2.05) is 38.1 Å². The fourth-order valence-electron chi connectivity index (χ4n) is 2.48. The van der Waals surface area contributed by atoms with Gasteiger partial charge in [0.25, 0.3) is 11.8 Å². The van der Waals surface area contributed by atoms with Gasteiger partial charge < -0.3 is 10.6 Å². The highest BCUT2D eigenvalue weighted by Crippen LogP contribution is 2.21. The van der Waals surface area contributed by atoms with Gasteiger partial charge in [0, 0.05) is 29.9 Å². The molecule has 0 aliphatic rings. The van der Waals surface area contributed by atoms with Gasteiger partial charge in [0.05, 0.1) is 11.2 Å². The number of hydrogen-bond acceptors (Lipinski definition) is 4. The van der Waals surface area contributed by atoms with E-state index in [2.05, 4.69) is 20.6 Å². The van der Waals surface area contributed by atoms with Gasteiger partial charge in [-0.25, -0.2) is 0 Å². The molecule has 3 rings (SSSR count). The van der Waals surface area contributed by atoms with Crippen LogP contribution >= 0.6 is 0 Å². The lowest BCUT2D eigenvalue weighted by atomic mass is 10.1. The van der Waals surface area contributed by atoms with Crippen molar-refractivity contribution in [3.8, 4) is 0 Å². The molecular weight excluding hydrogens is 328 g/mol. The Morgan fingerprint density at radius 3 is 2.62 bits per heavy atom. The number of para-hydroxylation sites is 1. The van der Waals surface area contributed by atoms with Gasteiger partial charge in [-0.2, -0.15) is 0 Å². The Hall–Kier alpha value is -3.28. The van der Waals surface area contributed by atoms with Crippen molar-refractivity contribution in [1.29, 1.82) is 0 Å². The Balaban J connectivity index is 1.80. The predicted octanol–water partition coefficient (Wildman–Crippen LogP) is 3.27. The number of fused-ring (bicyclic) bond motifs is 1. The first-order chi connectivity index (χ1) is 12.5. The van der Waals surface area contributed by atoms with Crippen molar-refractivity contribution < 1.29 is 9.59 Å². The van der Waals surface area contributed by atoms with Crippen LogP contribution in [0.2, 0.25) is 0 Å². The number of rotatable bonds is 5. The van der Waals surface area contributed by atoms with Gasteiger partial charge in [-0.3, -0.25) is 19.6 Å². The summed E-state index contributed by atoms with van der Waals surface area (Å²) in [6.07, 6.45) is 3.14. The quantitative estimate of drug-likeness (QED) is 0.741. The van der Waals surface area contributed by atoms with Crippen LogP contribution in [0.3, 0.4) is 0 Å². The van der Waals surface area contributed by atoms with E-state index in [9.17, 15) is 9.59 Å². The van der Waals surface area contributed by atoms with Crippen molar-refractivity contribution in [3.05, 3.63) is 66.1 Å². The minimum absolute atomic E-state index is 0.217. The molecule has 26 heavy (non-hydrogen) atoms. The first-order valence-corrected chi connectivity index (χ1v) is 8.44. The van der Waals surface area contributed by atoms with E-state index in [1.165, 1.54) is 12.3 Å². The number of nitrogens with one attached hydrogen (secondary N) is 2. The van der Waals surface area contributed by atoms with E-state index in [4.69, 9.17) is 0 Å². The molecule has 0 radical (unpaired) electrons. The topological polar surface area (TPSA) is 84.0 Å². The third kappa shape index (κ3) is 4.03. The molecular formula is C20H20N4O2. The van der Waals surface area contributed by atoms with E-state index >= 15 is 0 Å². The van der Waals surface area contributed by atoms with Crippen LogP contribution in [-0.2, 0) is 0 Å². The van der Waals surface area contributed by atoms with E-state index in [1.54, 1.807) is 18.3 Å². The molecule has 2 N–H and O–H groups in total. The predicted molar refractivity (Wildman–Crippen MR) is 101 cm³/mol. The van der Waals surface area contributed by atoms with Crippen molar-refractivity contribution in [2.75, 3.05) is 11.9 Å². The summed E-state index contributed by atoms with van der Waals surface area (Å²) in [7, 11) is 0. The standard InChI is InChI=1S/C20H20N4O2/c1-13(2)12-23-20(26)17-11-15(8-10-21-17)19(25)24-16-7-3-5-14-6-4-9-22-18(14)16/h3-11,13H,12H2,1-2H3,(H,23,26)(H,24,25). The minimum Gasteiger partial charge on any atom is -0.350 e. The molecule has 0 atom stereocenters. The highest BCUT2D eigenvalue weighted by Gasteiger charge is 2.13. The number of amides is 2. The Labute approximate surface area is 151 Å². The van der Waals surface area contributed by atoms with Crippen molar-refractivity contribution in [3.63, 3.8) is 0 Å². The van der Waals surface area contributed by atoms with Crippen LogP contribution in [0.25, 0.3) is 10.9 Å². The SMILES string of the molecule is CC(C)CNC(=O)c1cc(C(=O)Nc2cccc3cccnc23)ccn1. The molecule has 2 aromatic heterocycles. The maximum Gasteiger partial charge on any atom is 0.269 e. The molecule has 2 amide bonds. The molecule has 0 aliphatic heterocycles. The van der Waals surface area contributed by atoms with Crippen LogP contribution in [0, 0.1) is 5.92 Å². The number of pyridine rings is 2.